The highest BCUT2D eigenvalue weighted by atomic mass is 19.4. The minimum absolute atomic E-state index is 0.00266. The smallest absolute Gasteiger partial charge is 0.406 e. The number of nitrogens with zero attached hydrogens (tertiary/aromatic N) is 3. The maximum absolute atomic E-state index is 12.8. The van der Waals surface area contributed by atoms with E-state index in [1.54, 1.807) is 41.1 Å². The minimum atomic E-state index is -4.29. The third-order valence-corrected chi connectivity index (χ3v) is 5.86. The molecule has 0 aliphatic carbocycles. The van der Waals surface area contributed by atoms with Crippen molar-refractivity contribution in [3.05, 3.63) is 30.5 Å². The number of rotatable bonds is 4. The monoisotopic (exact) mass is 423 g/mol. The van der Waals surface area contributed by atoms with Gasteiger partial charge in [0.25, 0.3) is 0 Å². The Morgan fingerprint density at radius 1 is 1.20 bits per heavy atom. The van der Waals surface area contributed by atoms with E-state index in [4.69, 9.17) is 4.74 Å². The van der Waals surface area contributed by atoms with Gasteiger partial charge in [-0.25, -0.2) is 0 Å². The summed E-state index contributed by atoms with van der Waals surface area (Å²) in [6.07, 6.45) is -1.43. The Labute approximate surface area is 172 Å². The summed E-state index contributed by atoms with van der Waals surface area (Å²) in [5.74, 6) is 0.290. The van der Waals surface area contributed by atoms with Crippen LogP contribution in [0.25, 0.3) is 10.9 Å². The van der Waals surface area contributed by atoms with E-state index >= 15 is 0 Å². The fourth-order valence-corrected chi connectivity index (χ4v) is 4.29. The number of hydrogen-bond acceptors (Lipinski definition) is 3. The minimum Gasteiger partial charge on any atom is -0.490 e. The first kappa shape index (κ1) is 20.6. The molecule has 0 saturated carbocycles. The maximum Gasteiger partial charge on any atom is 0.406 e. The fourth-order valence-electron chi connectivity index (χ4n) is 4.29. The number of alkyl halides is 3. The van der Waals surface area contributed by atoms with E-state index in [1.807, 2.05) is 0 Å². The lowest BCUT2D eigenvalue weighted by atomic mass is 10.0. The van der Waals surface area contributed by atoms with Crippen LogP contribution < -0.4 is 4.74 Å². The largest absolute Gasteiger partial charge is 0.490 e. The van der Waals surface area contributed by atoms with Crippen molar-refractivity contribution in [1.82, 2.24) is 14.4 Å². The molecule has 2 fully saturated rings. The SMILES string of the molecule is CN1CC(C(=O)N2CCC(Oc3cccc4c3ccn4CC(F)(F)F)CC2)CC1=O. The summed E-state index contributed by atoms with van der Waals surface area (Å²) in [4.78, 5) is 27.7. The molecule has 6 nitrogen and oxygen atoms in total. The number of hydrogen-bond donors (Lipinski definition) is 0. The number of aromatic nitrogens is 1. The van der Waals surface area contributed by atoms with Crippen molar-refractivity contribution in [2.75, 3.05) is 26.7 Å². The lowest BCUT2D eigenvalue weighted by Gasteiger charge is -2.33. The second kappa shape index (κ2) is 7.85. The van der Waals surface area contributed by atoms with Crippen LogP contribution in [0.15, 0.2) is 30.5 Å². The first-order valence-electron chi connectivity index (χ1n) is 10.1. The van der Waals surface area contributed by atoms with Crippen molar-refractivity contribution in [2.24, 2.45) is 5.92 Å². The average Bonchev–Trinajstić information content (AvgIpc) is 3.24. The molecule has 2 aromatic rings. The Morgan fingerprint density at radius 2 is 1.93 bits per heavy atom. The molecular formula is C21H24F3N3O3. The molecule has 162 valence electrons. The normalized spacial score (nSPS) is 20.9. The van der Waals surface area contributed by atoms with Crippen LogP contribution in [0, 0.1) is 5.92 Å². The molecular weight excluding hydrogens is 399 g/mol. The van der Waals surface area contributed by atoms with E-state index in [0.717, 1.165) is 0 Å². The summed E-state index contributed by atoms with van der Waals surface area (Å²) in [7, 11) is 1.71. The Balaban J connectivity index is 1.38. The van der Waals surface area contributed by atoms with Crippen molar-refractivity contribution in [2.45, 2.75) is 38.1 Å². The molecule has 30 heavy (non-hydrogen) atoms. The van der Waals surface area contributed by atoms with Crippen LogP contribution in [0.5, 0.6) is 5.75 Å². The molecule has 2 aliphatic rings. The van der Waals surface area contributed by atoms with Gasteiger partial charge in [0.15, 0.2) is 0 Å². The van der Waals surface area contributed by atoms with Gasteiger partial charge in [0.2, 0.25) is 11.8 Å². The molecule has 4 rings (SSSR count). The number of halogens is 3. The molecule has 1 unspecified atom stereocenters. The Kier molecular flexibility index (Phi) is 5.38. The summed E-state index contributed by atoms with van der Waals surface area (Å²) in [5, 5.41) is 0.646. The van der Waals surface area contributed by atoms with Crippen molar-refractivity contribution in [3.63, 3.8) is 0 Å². The standard InChI is InChI=1S/C21H24F3N3O3/c1-25-12-14(11-19(25)28)20(29)26-8-5-15(6-9-26)30-18-4-2-3-17-16(18)7-10-27(17)13-21(22,23)24/h2-4,7,10,14-15H,5-6,8-9,11-13H2,1H3. The van der Waals surface area contributed by atoms with Crippen molar-refractivity contribution < 1.29 is 27.5 Å². The number of benzene rings is 1. The van der Waals surface area contributed by atoms with Crippen LogP contribution in [0.1, 0.15) is 19.3 Å². The molecule has 2 aliphatic heterocycles. The lowest BCUT2D eigenvalue weighted by molar-refractivity contribution is -0.140. The molecule has 3 heterocycles. The van der Waals surface area contributed by atoms with Gasteiger partial charge in [-0.2, -0.15) is 13.2 Å². The number of ether oxygens (including phenoxy) is 1. The molecule has 0 spiro atoms. The molecule has 2 saturated heterocycles. The summed E-state index contributed by atoms with van der Waals surface area (Å²) >= 11 is 0. The predicted octanol–water partition coefficient (Wildman–Crippen LogP) is 3.05. The quantitative estimate of drug-likeness (QED) is 0.760. The average molecular weight is 423 g/mol. The highest BCUT2D eigenvalue weighted by Crippen LogP contribution is 2.31. The van der Waals surface area contributed by atoms with Crippen molar-refractivity contribution in [1.29, 1.82) is 0 Å². The molecule has 1 aromatic heterocycles. The van der Waals surface area contributed by atoms with Gasteiger partial charge in [0.05, 0.1) is 11.4 Å². The second-order valence-electron chi connectivity index (χ2n) is 8.07. The first-order valence-corrected chi connectivity index (χ1v) is 10.1. The third-order valence-electron chi connectivity index (χ3n) is 5.86. The topological polar surface area (TPSA) is 54.8 Å². The third kappa shape index (κ3) is 4.24. The van der Waals surface area contributed by atoms with Crippen LogP contribution in [0.3, 0.4) is 0 Å². The van der Waals surface area contributed by atoms with Crippen LogP contribution in [-0.2, 0) is 16.1 Å². The zero-order valence-electron chi connectivity index (χ0n) is 16.7. The Hall–Kier alpha value is -2.71. The summed E-state index contributed by atoms with van der Waals surface area (Å²) in [5.41, 5.74) is 0.479. The zero-order valence-corrected chi connectivity index (χ0v) is 16.7. The molecule has 9 heteroatoms. The number of fused-ring (bicyclic) bond motifs is 1. The van der Waals surface area contributed by atoms with E-state index < -0.39 is 12.7 Å². The van der Waals surface area contributed by atoms with Gasteiger partial charge in [-0.05, 0) is 18.2 Å². The highest BCUT2D eigenvalue weighted by molar-refractivity contribution is 5.89. The van der Waals surface area contributed by atoms with Crippen LogP contribution in [0.2, 0.25) is 0 Å². The van der Waals surface area contributed by atoms with E-state index in [0.29, 0.717) is 49.1 Å². The van der Waals surface area contributed by atoms with Gasteiger partial charge in [-0.3, -0.25) is 9.59 Å². The summed E-state index contributed by atoms with van der Waals surface area (Å²) in [6, 6.07) is 6.74. The number of amides is 2. The first-order chi connectivity index (χ1) is 14.2. The van der Waals surface area contributed by atoms with Gasteiger partial charge in [0.1, 0.15) is 18.4 Å². The Morgan fingerprint density at radius 3 is 2.57 bits per heavy atom. The van der Waals surface area contributed by atoms with E-state index in [9.17, 15) is 22.8 Å². The predicted molar refractivity (Wildman–Crippen MR) is 104 cm³/mol. The van der Waals surface area contributed by atoms with E-state index in [1.165, 1.54) is 10.8 Å². The molecule has 0 radical (unpaired) electrons. The van der Waals surface area contributed by atoms with Crippen molar-refractivity contribution >= 4 is 22.7 Å². The van der Waals surface area contributed by atoms with Gasteiger partial charge in [0, 0.05) is 57.5 Å². The number of carbonyl (C=O) groups excluding carboxylic acids is 2. The van der Waals surface area contributed by atoms with Crippen molar-refractivity contribution in [3.8, 4) is 5.75 Å². The highest BCUT2D eigenvalue weighted by Gasteiger charge is 2.36. The van der Waals surface area contributed by atoms with E-state index in [2.05, 4.69) is 0 Å². The molecule has 2 amide bonds. The van der Waals surface area contributed by atoms with Crippen LogP contribution in [-0.4, -0.2) is 65.1 Å². The molecule has 1 atom stereocenters. The number of likely N-dealkylation sites (tertiary alicyclic amines) is 2. The second-order valence-corrected chi connectivity index (χ2v) is 8.07. The molecule has 1 aromatic carbocycles. The number of piperidine rings is 1. The van der Waals surface area contributed by atoms with Gasteiger partial charge >= 0.3 is 6.18 Å². The van der Waals surface area contributed by atoms with Gasteiger partial charge in [-0.1, -0.05) is 6.07 Å². The molecule has 0 bridgehead atoms. The zero-order chi connectivity index (χ0) is 21.5. The maximum atomic E-state index is 12.8. The Bertz CT molecular complexity index is 948. The van der Waals surface area contributed by atoms with Crippen LogP contribution in [0.4, 0.5) is 13.2 Å². The summed E-state index contributed by atoms with van der Waals surface area (Å²) in [6.45, 7) is 0.510. The number of carbonyl (C=O) groups is 2. The van der Waals surface area contributed by atoms with E-state index in [-0.39, 0.29) is 30.3 Å². The summed E-state index contributed by atoms with van der Waals surface area (Å²) < 4.78 is 45.6. The molecule has 0 N–H and O–H groups in total. The lowest BCUT2D eigenvalue weighted by Crippen LogP contribution is -2.44. The van der Waals surface area contributed by atoms with Crippen LogP contribution >= 0.6 is 0 Å². The van der Waals surface area contributed by atoms with Gasteiger partial charge < -0.3 is 19.1 Å². The van der Waals surface area contributed by atoms with Gasteiger partial charge in [-0.15, -0.1) is 0 Å². The fraction of sp³-hybridized carbons (Fsp3) is 0.524.